The number of benzene rings is 1. The molecule has 0 atom stereocenters. The lowest BCUT2D eigenvalue weighted by Gasteiger charge is -2.04. The maximum atomic E-state index is 12.8. The van der Waals surface area contributed by atoms with Crippen LogP contribution in [0.1, 0.15) is 5.56 Å². The van der Waals surface area contributed by atoms with E-state index >= 15 is 0 Å². The smallest absolute Gasteiger partial charge is 0.125 e. The number of hydrogen-bond donors (Lipinski definition) is 2. The van der Waals surface area contributed by atoms with Crippen molar-refractivity contribution >= 4 is 5.69 Å². The van der Waals surface area contributed by atoms with E-state index in [4.69, 9.17) is 0 Å². The summed E-state index contributed by atoms with van der Waals surface area (Å²) >= 11 is 0. The third-order valence-corrected chi connectivity index (χ3v) is 1.98. The van der Waals surface area contributed by atoms with Gasteiger partial charge < -0.3 is 10.3 Å². The Kier molecular flexibility index (Phi) is 2.49. The van der Waals surface area contributed by atoms with Crippen LogP contribution in [0.5, 0.6) is 0 Å². The van der Waals surface area contributed by atoms with Crippen molar-refractivity contribution in [2.75, 3.05) is 5.32 Å². The Hall–Kier alpha value is -1.77. The molecule has 1 aromatic heterocycles. The lowest BCUT2D eigenvalue weighted by molar-refractivity contribution is 0.628. The minimum absolute atomic E-state index is 0.218. The molecule has 0 amide bonds. The van der Waals surface area contributed by atoms with Crippen LogP contribution in [0, 0.1) is 5.82 Å². The Bertz CT molecular complexity index is 395. The van der Waals surface area contributed by atoms with Crippen LogP contribution in [0.3, 0.4) is 0 Å². The molecule has 0 aliphatic carbocycles. The zero-order valence-electron chi connectivity index (χ0n) is 7.63. The molecule has 0 spiro atoms. The number of aromatic nitrogens is 1. The normalized spacial score (nSPS) is 10.1. The molecule has 0 radical (unpaired) electrons. The molecule has 1 heterocycles. The summed E-state index contributed by atoms with van der Waals surface area (Å²) in [6.07, 6.45) is 3.77. The Morgan fingerprint density at radius 1 is 1.29 bits per heavy atom. The van der Waals surface area contributed by atoms with Crippen molar-refractivity contribution in [1.82, 2.24) is 4.98 Å². The summed E-state index contributed by atoms with van der Waals surface area (Å²) in [6.45, 7) is 0.701. The number of hydrogen-bond acceptors (Lipinski definition) is 1. The van der Waals surface area contributed by atoms with Gasteiger partial charge in [-0.05, 0) is 29.8 Å². The van der Waals surface area contributed by atoms with Crippen LogP contribution < -0.4 is 5.32 Å². The molecule has 72 valence electrons. The molecule has 0 fully saturated rings. The van der Waals surface area contributed by atoms with Crippen LogP contribution in [-0.2, 0) is 6.54 Å². The highest BCUT2D eigenvalue weighted by Crippen LogP contribution is 2.10. The maximum Gasteiger partial charge on any atom is 0.125 e. The summed E-state index contributed by atoms with van der Waals surface area (Å²) in [5, 5.41) is 3.13. The average molecular weight is 190 g/mol. The standard InChI is InChI=1S/C11H11FN2/c12-10-2-1-3-11(6-10)14-8-9-4-5-13-7-9/h1-7,13-14H,8H2. The van der Waals surface area contributed by atoms with E-state index in [1.807, 2.05) is 24.5 Å². The van der Waals surface area contributed by atoms with Crippen LogP contribution in [-0.4, -0.2) is 4.98 Å². The predicted molar refractivity (Wildman–Crippen MR) is 54.5 cm³/mol. The second kappa shape index (κ2) is 3.96. The topological polar surface area (TPSA) is 27.8 Å². The molecule has 2 N–H and O–H groups in total. The number of halogens is 1. The van der Waals surface area contributed by atoms with E-state index < -0.39 is 0 Å². The van der Waals surface area contributed by atoms with Gasteiger partial charge >= 0.3 is 0 Å². The molecule has 2 nitrogen and oxygen atoms in total. The molecule has 0 bridgehead atoms. The fourth-order valence-corrected chi connectivity index (χ4v) is 1.27. The van der Waals surface area contributed by atoms with Gasteiger partial charge in [-0.15, -0.1) is 0 Å². The van der Waals surface area contributed by atoms with E-state index in [-0.39, 0.29) is 5.82 Å². The first-order valence-corrected chi connectivity index (χ1v) is 4.46. The second-order valence-electron chi connectivity index (χ2n) is 3.08. The highest BCUT2D eigenvalue weighted by Gasteiger charge is 1.95. The monoisotopic (exact) mass is 190 g/mol. The Morgan fingerprint density at radius 2 is 2.21 bits per heavy atom. The minimum Gasteiger partial charge on any atom is -0.381 e. The molecule has 0 saturated heterocycles. The highest BCUT2D eigenvalue weighted by atomic mass is 19.1. The minimum atomic E-state index is -0.218. The van der Waals surface area contributed by atoms with Gasteiger partial charge in [0.25, 0.3) is 0 Å². The Labute approximate surface area is 81.8 Å². The predicted octanol–water partition coefficient (Wildman–Crippen LogP) is 2.77. The highest BCUT2D eigenvalue weighted by molar-refractivity contribution is 5.43. The van der Waals surface area contributed by atoms with Crippen molar-refractivity contribution in [3.05, 3.63) is 54.1 Å². The first-order valence-electron chi connectivity index (χ1n) is 4.46. The third kappa shape index (κ3) is 2.13. The van der Waals surface area contributed by atoms with Crippen LogP contribution in [0.15, 0.2) is 42.7 Å². The summed E-state index contributed by atoms with van der Waals surface area (Å²) in [6, 6.07) is 8.42. The molecule has 3 heteroatoms. The van der Waals surface area contributed by atoms with E-state index in [2.05, 4.69) is 10.3 Å². The number of nitrogens with one attached hydrogen (secondary N) is 2. The van der Waals surface area contributed by atoms with Crippen molar-refractivity contribution in [2.24, 2.45) is 0 Å². The summed E-state index contributed by atoms with van der Waals surface area (Å²) < 4.78 is 12.8. The van der Waals surface area contributed by atoms with E-state index in [1.54, 1.807) is 6.07 Å². The maximum absolute atomic E-state index is 12.8. The van der Waals surface area contributed by atoms with E-state index in [9.17, 15) is 4.39 Å². The van der Waals surface area contributed by atoms with Gasteiger partial charge in [-0.2, -0.15) is 0 Å². The summed E-state index contributed by atoms with van der Waals surface area (Å²) in [4.78, 5) is 2.96. The zero-order valence-corrected chi connectivity index (χ0v) is 7.63. The molecular formula is C11H11FN2. The van der Waals surface area contributed by atoms with E-state index in [0.29, 0.717) is 6.54 Å². The first kappa shape index (κ1) is 8.81. The molecule has 14 heavy (non-hydrogen) atoms. The van der Waals surface area contributed by atoms with Gasteiger partial charge in [0.1, 0.15) is 5.82 Å². The number of anilines is 1. The van der Waals surface area contributed by atoms with Gasteiger partial charge in [-0.3, -0.25) is 0 Å². The lowest BCUT2D eigenvalue weighted by atomic mass is 10.3. The SMILES string of the molecule is Fc1cccc(NCc2cc[nH]c2)c1. The first-order chi connectivity index (χ1) is 6.84. The fraction of sp³-hybridized carbons (Fsp3) is 0.0909. The van der Waals surface area contributed by atoms with Gasteiger partial charge in [0.05, 0.1) is 0 Å². The molecule has 2 aromatic rings. The van der Waals surface area contributed by atoms with Crippen molar-refractivity contribution in [3.63, 3.8) is 0 Å². The van der Waals surface area contributed by atoms with E-state index in [1.165, 1.54) is 12.1 Å². The van der Waals surface area contributed by atoms with Crippen LogP contribution in [0.4, 0.5) is 10.1 Å². The molecule has 0 saturated carbocycles. The fourth-order valence-electron chi connectivity index (χ4n) is 1.27. The van der Waals surface area contributed by atoms with Gasteiger partial charge in [-0.25, -0.2) is 4.39 Å². The summed E-state index contributed by atoms with van der Waals surface area (Å²) in [7, 11) is 0. The third-order valence-electron chi connectivity index (χ3n) is 1.98. The largest absolute Gasteiger partial charge is 0.381 e. The van der Waals surface area contributed by atoms with Crippen LogP contribution in [0.2, 0.25) is 0 Å². The van der Waals surface area contributed by atoms with Crippen LogP contribution in [0.25, 0.3) is 0 Å². The van der Waals surface area contributed by atoms with Gasteiger partial charge in [0.2, 0.25) is 0 Å². The van der Waals surface area contributed by atoms with Crippen molar-refractivity contribution in [2.45, 2.75) is 6.54 Å². The Morgan fingerprint density at radius 3 is 2.93 bits per heavy atom. The molecule has 0 unspecified atom stereocenters. The van der Waals surface area contributed by atoms with Gasteiger partial charge in [0, 0.05) is 24.6 Å². The van der Waals surface area contributed by atoms with Gasteiger partial charge in [-0.1, -0.05) is 6.07 Å². The number of rotatable bonds is 3. The average Bonchev–Trinajstić information content (AvgIpc) is 2.67. The second-order valence-corrected chi connectivity index (χ2v) is 3.08. The summed E-state index contributed by atoms with van der Waals surface area (Å²) in [5.74, 6) is -0.218. The molecule has 0 aliphatic rings. The van der Waals surface area contributed by atoms with Crippen LogP contribution >= 0.6 is 0 Å². The Balaban J connectivity index is 1.98. The summed E-state index contributed by atoms with van der Waals surface area (Å²) in [5.41, 5.74) is 1.94. The van der Waals surface area contributed by atoms with Gasteiger partial charge in [0.15, 0.2) is 0 Å². The van der Waals surface area contributed by atoms with Crippen molar-refractivity contribution < 1.29 is 4.39 Å². The van der Waals surface area contributed by atoms with Crippen molar-refractivity contribution in [3.8, 4) is 0 Å². The quantitative estimate of drug-likeness (QED) is 0.765. The number of aromatic amines is 1. The van der Waals surface area contributed by atoms with E-state index in [0.717, 1.165) is 11.3 Å². The molecular weight excluding hydrogens is 179 g/mol. The lowest BCUT2D eigenvalue weighted by Crippen LogP contribution is -1.97. The number of H-pyrrole nitrogens is 1. The molecule has 2 rings (SSSR count). The van der Waals surface area contributed by atoms with Crippen molar-refractivity contribution in [1.29, 1.82) is 0 Å². The molecule has 0 aliphatic heterocycles. The molecule has 1 aromatic carbocycles. The zero-order chi connectivity index (χ0) is 9.80.